The summed E-state index contributed by atoms with van der Waals surface area (Å²) >= 11 is 0. The minimum Gasteiger partial charge on any atom is -0.469 e. The molecule has 74 valence electrons. The van der Waals surface area contributed by atoms with E-state index >= 15 is 0 Å². The topological polar surface area (TPSA) is 26.3 Å². The van der Waals surface area contributed by atoms with E-state index in [4.69, 9.17) is 4.74 Å². The molecule has 0 aromatic heterocycles. The molecule has 0 aliphatic heterocycles. The van der Waals surface area contributed by atoms with Gasteiger partial charge in [-0.3, -0.25) is 4.79 Å². The molecule has 0 spiro atoms. The Balaban J connectivity index is 2.48. The minimum atomic E-state index is -0.0850. The van der Waals surface area contributed by atoms with Gasteiger partial charge in [0.25, 0.3) is 0 Å². The first-order chi connectivity index (χ1) is 6.34. The summed E-state index contributed by atoms with van der Waals surface area (Å²) in [6, 6.07) is 0. The molecule has 1 rings (SSSR count). The highest BCUT2D eigenvalue weighted by Gasteiger charge is 2.15. The first-order valence-electron chi connectivity index (χ1n) is 5.09. The maximum atomic E-state index is 11.3. The zero-order chi connectivity index (χ0) is 9.52. The van der Waals surface area contributed by atoms with Crippen LogP contribution in [0.3, 0.4) is 0 Å². The van der Waals surface area contributed by atoms with E-state index in [2.05, 4.69) is 6.08 Å². The number of carbonyl (C=O) groups is 1. The molecule has 1 aliphatic rings. The lowest BCUT2D eigenvalue weighted by molar-refractivity contribution is -0.143. The number of hydrogen-bond donors (Lipinski definition) is 0. The number of ether oxygens (including phenoxy) is 1. The third-order valence-electron chi connectivity index (χ3n) is 2.51. The maximum absolute atomic E-state index is 11.3. The van der Waals surface area contributed by atoms with Gasteiger partial charge in [-0.05, 0) is 19.3 Å². The van der Waals surface area contributed by atoms with Crippen molar-refractivity contribution in [2.24, 2.45) is 5.92 Å². The van der Waals surface area contributed by atoms with Gasteiger partial charge < -0.3 is 4.74 Å². The van der Waals surface area contributed by atoms with Crippen molar-refractivity contribution >= 4 is 5.97 Å². The van der Waals surface area contributed by atoms with Crippen LogP contribution >= 0.6 is 0 Å². The summed E-state index contributed by atoms with van der Waals surface area (Å²) < 4.78 is 4.74. The SMILES string of the molecule is COC(=O)C1/C=C\CCCCCC1. The second-order valence-corrected chi connectivity index (χ2v) is 3.55. The molecule has 1 unspecified atom stereocenters. The molecule has 0 amide bonds. The summed E-state index contributed by atoms with van der Waals surface area (Å²) in [7, 11) is 1.46. The number of allylic oxidation sites excluding steroid dienone is 1. The van der Waals surface area contributed by atoms with Crippen LogP contribution in [0.15, 0.2) is 12.2 Å². The summed E-state index contributed by atoms with van der Waals surface area (Å²) in [4.78, 5) is 11.3. The highest BCUT2D eigenvalue weighted by atomic mass is 16.5. The van der Waals surface area contributed by atoms with Crippen molar-refractivity contribution in [2.45, 2.75) is 38.5 Å². The van der Waals surface area contributed by atoms with Crippen molar-refractivity contribution < 1.29 is 9.53 Å². The van der Waals surface area contributed by atoms with E-state index < -0.39 is 0 Å². The Kier molecular flexibility index (Phi) is 4.58. The molecule has 2 nitrogen and oxygen atoms in total. The zero-order valence-corrected chi connectivity index (χ0v) is 8.29. The maximum Gasteiger partial charge on any atom is 0.312 e. The van der Waals surface area contributed by atoms with E-state index in [9.17, 15) is 4.79 Å². The number of methoxy groups -OCH3 is 1. The van der Waals surface area contributed by atoms with Crippen LogP contribution in [0.4, 0.5) is 0 Å². The van der Waals surface area contributed by atoms with Crippen molar-refractivity contribution in [1.82, 2.24) is 0 Å². The van der Waals surface area contributed by atoms with Gasteiger partial charge in [0.2, 0.25) is 0 Å². The van der Waals surface area contributed by atoms with Crippen LogP contribution in [-0.4, -0.2) is 13.1 Å². The van der Waals surface area contributed by atoms with Gasteiger partial charge in [-0.15, -0.1) is 0 Å². The molecule has 0 aromatic carbocycles. The fourth-order valence-electron chi connectivity index (χ4n) is 1.68. The average molecular weight is 182 g/mol. The quantitative estimate of drug-likeness (QED) is 0.460. The number of carbonyl (C=O) groups excluding carboxylic acids is 1. The molecule has 0 fully saturated rings. The summed E-state index contributed by atoms with van der Waals surface area (Å²) in [5.74, 6) is -0.0822. The van der Waals surface area contributed by atoms with Crippen LogP contribution in [0, 0.1) is 5.92 Å². The van der Waals surface area contributed by atoms with Gasteiger partial charge in [0.05, 0.1) is 13.0 Å². The molecule has 0 radical (unpaired) electrons. The molecule has 0 heterocycles. The first-order valence-corrected chi connectivity index (χ1v) is 5.09. The van der Waals surface area contributed by atoms with Gasteiger partial charge in [0, 0.05) is 0 Å². The van der Waals surface area contributed by atoms with E-state index in [0.29, 0.717) is 0 Å². The van der Waals surface area contributed by atoms with Crippen LogP contribution in [-0.2, 0) is 9.53 Å². The highest BCUT2D eigenvalue weighted by Crippen LogP contribution is 2.17. The largest absolute Gasteiger partial charge is 0.469 e. The monoisotopic (exact) mass is 182 g/mol. The van der Waals surface area contributed by atoms with Crippen LogP contribution < -0.4 is 0 Å². The Morgan fingerprint density at radius 1 is 1.31 bits per heavy atom. The van der Waals surface area contributed by atoms with Gasteiger partial charge in [0.1, 0.15) is 0 Å². The smallest absolute Gasteiger partial charge is 0.312 e. The number of hydrogen-bond acceptors (Lipinski definition) is 2. The third kappa shape index (κ3) is 3.62. The van der Waals surface area contributed by atoms with Crippen LogP contribution in [0.2, 0.25) is 0 Å². The van der Waals surface area contributed by atoms with Crippen molar-refractivity contribution in [3.8, 4) is 0 Å². The van der Waals surface area contributed by atoms with Crippen molar-refractivity contribution in [1.29, 1.82) is 0 Å². The summed E-state index contributed by atoms with van der Waals surface area (Å²) in [5, 5.41) is 0. The lowest BCUT2D eigenvalue weighted by atomic mass is 10.0. The normalized spacial score (nSPS) is 26.7. The average Bonchev–Trinajstić information content (AvgIpc) is 2.29. The van der Waals surface area contributed by atoms with E-state index in [1.54, 1.807) is 0 Å². The molecule has 1 atom stereocenters. The molecule has 0 bridgehead atoms. The molecule has 1 aliphatic carbocycles. The third-order valence-corrected chi connectivity index (χ3v) is 2.51. The van der Waals surface area contributed by atoms with Gasteiger partial charge in [-0.1, -0.05) is 31.4 Å². The van der Waals surface area contributed by atoms with Crippen LogP contribution in [0.1, 0.15) is 38.5 Å². The fourth-order valence-corrected chi connectivity index (χ4v) is 1.68. The van der Waals surface area contributed by atoms with E-state index in [1.807, 2.05) is 6.08 Å². The lowest BCUT2D eigenvalue weighted by Crippen LogP contribution is -2.13. The van der Waals surface area contributed by atoms with Gasteiger partial charge in [0.15, 0.2) is 0 Å². The number of rotatable bonds is 1. The van der Waals surface area contributed by atoms with Gasteiger partial charge in [-0.2, -0.15) is 0 Å². The molecule has 0 saturated carbocycles. The van der Waals surface area contributed by atoms with E-state index in [-0.39, 0.29) is 11.9 Å². The predicted octanol–water partition coefficient (Wildman–Crippen LogP) is 2.69. The lowest BCUT2D eigenvalue weighted by Gasteiger charge is -2.08. The second kappa shape index (κ2) is 5.79. The van der Waals surface area contributed by atoms with Crippen molar-refractivity contribution in [3.05, 3.63) is 12.2 Å². The van der Waals surface area contributed by atoms with Crippen molar-refractivity contribution in [2.75, 3.05) is 7.11 Å². The highest BCUT2D eigenvalue weighted by molar-refractivity contribution is 5.74. The van der Waals surface area contributed by atoms with Crippen LogP contribution in [0.5, 0.6) is 0 Å². The Hall–Kier alpha value is -0.790. The Labute approximate surface area is 80.0 Å². The molecule has 0 saturated heterocycles. The molecular weight excluding hydrogens is 164 g/mol. The minimum absolute atomic E-state index is 0.00287. The Bertz CT molecular complexity index is 185. The van der Waals surface area contributed by atoms with Crippen molar-refractivity contribution in [3.63, 3.8) is 0 Å². The number of esters is 1. The van der Waals surface area contributed by atoms with E-state index in [0.717, 1.165) is 19.3 Å². The Morgan fingerprint density at radius 2 is 2.08 bits per heavy atom. The molecular formula is C11H18O2. The van der Waals surface area contributed by atoms with Gasteiger partial charge >= 0.3 is 5.97 Å². The van der Waals surface area contributed by atoms with Gasteiger partial charge in [-0.25, -0.2) is 0 Å². The molecule has 2 heteroatoms. The summed E-state index contributed by atoms with van der Waals surface area (Å²) in [5.41, 5.74) is 0. The molecule has 0 N–H and O–H groups in total. The predicted molar refractivity (Wildman–Crippen MR) is 52.3 cm³/mol. The molecule has 13 heavy (non-hydrogen) atoms. The standard InChI is InChI=1S/C11H18O2/c1-13-11(12)10-8-6-4-2-3-5-7-9-10/h6,8,10H,2-5,7,9H2,1H3/b8-6-. The van der Waals surface area contributed by atoms with Crippen LogP contribution in [0.25, 0.3) is 0 Å². The summed E-state index contributed by atoms with van der Waals surface area (Å²) in [6.45, 7) is 0. The van der Waals surface area contributed by atoms with E-state index in [1.165, 1.54) is 26.4 Å². The Morgan fingerprint density at radius 3 is 2.85 bits per heavy atom. The second-order valence-electron chi connectivity index (χ2n) is 3.55. The fraction of sp³-hybridized carbons (Fsp3) is 0.727. The molecule has 0 aromatic rings. The zero-order valence-electron chi connectivity index (χ0n) is 8.29. The first kappa shape index (κ1) is 10.3. The summed E-state index contributed by atoms with van der Waals surface area (Å²) in [6.07, 6.45) is 11.1.